The summed E-state index contributed by atoms with van der Waals surface area (Å²) in [6.07, 6.45) is 9.67. The summed E-state index contributed by atoms with van der Waals surface area (Å²) < 4.78 is 0. The summed E-state index contributed by atoms with van der Waals surface area (Å²) in [5.74, 6) is -0.0609. The molecule has 0 saturated carbocycles. The van der Waals surface area contributed by atoms with E-state index in [2.05, 4.69) is 34.5 Å². The largest absolute Gasteiger partial charge is 0.348 e. The third kappa shape index (κ3) is 5.56. The Labute approximate surface area is 127 Å². The minimum atomic E-state index is -0.0609. The van der Waals surface area contributed by atoms with Crippen LogP contribution in [0.3, 0.4) is 0 Å². The van der Waals surface area contributed by atoms with Gasteiger partial charge in [0.15, 0.2) is 0 Å². The molecular weight excluding hydrogens is 260 g/mol. The Hall–Kier alpha value is -1.87. The summed E-state index contributed by atoms with van der Waals surface area (Å²) in [5.41, 5.74) is 2.48. The number of benzene rings is 1. The first-order valence-electron chi connectivity index (χ1n) is 7.65. The number of amides is 1. The Morgan fingerprint density at radius 1 is 1.14 bits per heavy atom. The first-order chi connectivity index (χ1) is 10.3. The number of hydrogen-bond donors (Lipinski definition) is 1. The standard InChI is InChI=1S/C18H24N2O/c1-2-3-4-7-18(21)19-14-16-8-10-17(11-9-16)15-20-12-5-6-13-20/h2-4,7-11H,5-6,12-15H2,1H3,(H,19,21). The molecule has 0 atom stereocenters. The van der Waals surface area contributed by atoms with E-state index < -0.39 is 0 Å². The highest BCUT2D eigenvalue weighted by Gasteiger charge is 2.11. The van der Waals surface area contributed by atoms with Crippen LogP contribution in [0.25, 0.3) is 0 Å². The molecule has 0 radical (unpaired) electrons. The van der Waals surface area contributed by atoms with Crippen LogP contribution in [0, 0.1) is 0 Å². The van der Waals surface area contributed by atoms with Gasteiger partial charge in [0.05, 0.1) is 0 Å². The third-order valence-electron chi connectivity index (χ3n) is 3.65. The molecule has 0 spiro atoms. The number of carbonyl (C=O) groups excluding carboxylic acids is 1. The molecule has 2 rings (SSSR count). The van der Waals surface area contributed by atoms with Crippen LogP contribution in [0.1, 0.15) is 30.9 Å². The summed E-state index contributed by atoms with van der Waals surface area (Å²) in [5, 5.41) is 2.88. The number of carbonyl (C=O) groups is 1. The smallest absolute Gasteiger partial charge is 0.244 e. The highest BCUT2D eigenvalue weighted by Crippen LogP contribution is 2.13. The molecule has 1 aliphatic heterocycles. The molecule has 1 aromatic carbocycles. The highest BCUT2D eigenvalue weighted by molar-refractivity contribution is 5.87. The number of hydrogen-bond acceptors (Lipinski definition) is 2. The van der Waals surface area contributed by atoms with Crippen LogP contribution in [-0.2, 0) is 17.9 Å². The molecule has 21 heavy (non-hydrogen) atoms. The first kappa shape index (κ1) is 15.5. The van der Waals surface area contributed by atoms with Crippen LogP contribution >= 0.6 is 0 Å². The van der Waals surface area contributed by atoms with E-state index in [-0.39, 0.29) is 5.91 Å². The molecule has 1 N–H and O–H groups in total. The van der Waals surface area contributed by atoms with Crippen LogP contribution in [0.15, 0.2) is 48.6 Å². The van der Waals surface area contributed by atoms with Gasteiger partial charge in [0.2, 0.25) is 5.91 Å². The maximum absolute atomic E-state index is 11.5. The zero-order valence-electron chi connectivity index (χ0n) is 12.7. The molecular formula is C18H24N2O. The van der Waals surface area contributed by atoms with Crippen molar-refractivity contribution < 1.29 is 4.79 Å². The van der Waals surface area contributed by atoms with Crippen LogP contribution in [-0.4, -0.2) is 23.9 Å². The Morgan fingerprint density at radius 2 is 1.81 bits per heavy atom. The normalized spacial score (nSPS) is 16.0. The molecule has 1 fully saturated rings. The van der Waals surface area contributed by atoms with Gasteiger partial charge < -0.3 is 5.32 Å². The Kier molecular flexibility index (Phi) is 6.22. The van der Waals surface area contributed by atoms with E-state index in [0.717, 1.165) is 12.1 Å². The minimum Gasteiger partial charge on any atom is -0.348 e. The zero-order chi connectivity index (χ0) is 14.9. The molecule has 1 amide bonds. The first-order valence-corrected chi connectivity index (χ1v) is 7.65. The second-order valence-electron chi connectivity index (χ2n) is 5.40. The fourth-order valence-electron chi connectivity index (χ4n) is 2.46. The molecule has 0 aromatic heterocycles. The van der Waals surface area contributed by atoms with Crippen molar-refractivity contribution in [3.8, 4) is 0 Å². The number of allylic oxidation sites excluding steroid dienone is 3. The van der Waals surface area contributed by atoms with E-state index in [0.29, 0.717) is 6.54 Å². The van der Waals surface area contributed by atoms with Gasteiger partial charge in [-0.05, 0) is 44.0 Å². The van der Waals surface area contributed by atoms with Gasteiger partial charge in [0, 0.05) is 19.2 Å². The van der Waals surface area contributed by atoms with Crippen molar-refractivity contribution in [2.24, 2.45) is 0 Å². The second kappa shape index (κ2) is 8.42. The lowest BCUT2D eigenvalue weighted by molar-refractivity contribution is -0.116. The molecule has 1 aliphatic rings. The number of likely N-dealkylation sites (tertiary alicyclic amines) is 1. The van der Waals surface area contributed by atoms with Gasteiger partial charge in [0.1, 0.15) is 0 Å². The number of nitrogens with zero attached hydrogens (tertiary/aromatic N) is 1. The molecule has 1 aromatic rings. The van der Waals surface area contributed by atoms with Crippen molar-refractivity contribution in [1.82, 2.24) is 10.2 Å². The molecule has 112 valence electrons. The highest BCUT2D eigenvalue weighted by atomic mass is 16.1. The van der Waals surface area contributed by atoms with E-state index >= 15 is 0 Å². The summed E-state index contributed by atoms with van der Waals surface area (Å²) in [6, 6.07) is 8.52. The fraction of sp³-hybridized carbons (Fsp3) is 0.389. The average molecular weight is 284 g/mol. The van der Waals surface area contributed by atoms with Crippen molar-refractivity contribution in [1.29, 1.82) is 0 Å². The van der Waals surface area contributed by atoms with Gasteiger partial charge in [-0.15, -0.1) is 0 Å². The van der Waals surface area contributed by atoms with E-state index in [9.17, 15) is 4.79 Å². The van der Waals surface area contributed by atoms with Crippen LogP contribution in [0.5, 0.6) is 0 Å². The van der Waals surface area contributed by atoms with Crippen molar-refractivity contribution in [2.75, 3.05) is 13.1 Å². The van der Waals surface area contributed by atoms with Gasteiger partial charge >= 0.3 is 0 Å². The lowest BCUT2D eigenvalue weighted by Gasteiger charge is -2.14. The zero-order valence-corrected chi connectivity index (χ0v) is 12.7. The Balaban J connectivity index is 1.77. The number of nitrogens with one attached hydrogen (secondary N) is 1. The molecule has 0 bridgehead atoms. The SMILES string of the molecule is CC=CC=CC(=O)NCc1ccc(CN2CCCC2)cc1. The van der Waals surface area contributed by atoms with E-state index in [1.165, 1.54) is 31.5 Å². The lowest BCUT2D eigenvalue weighted by Crippen LogP contribution is -2.20. The Bertz CT molecular complexity index is 496. The van der Waals surface area contributed by atoms with Crippen LogP contribution in [0.2, 0.25) is 0 Å². The van der Waals surface area contributed by atoms with Gasteiger partial charge in [-0.3, -0.25) is 9.69 Å². The topological polar surface area (TPSA) is 32.3 Å². The van der Waals surface area contributed by atoms with E-state index in [1.807, 2.05) is 19.1 Å². The summed E-state index contributed by atoms with van der Waals surface area (Å²) >= 11 is 0. The predicted octanol–water partition coefficient (Wildman–Crippen LogP) is 3.03. The fourth-order valence-corrected chi connectivity index (χ4v) is 2.46. The molecule has 1 heterocycles. The molecule has 3 nitrogen and oxygen atoms in total. The summed E-state index contributed by atoms with van der Waals surface area (Å²) in [6.45, 7) is 5.97. The van der Waals surface area contributed by atoms with E-state index in [1.54, 1.807) is 12.2 Å². The molecule has 1 saturated heterocycles. The summed E-state index contributed by atoms with van der Waals surface area (Å²) in [4.78, 5) is 14.0. The van der Waals surface area contributed by atoms with Crippen molar-refractivity contribution in [3.63, 3.8) is 0 Å². The monoisotopic (exact) mass is 284 g/mol. The number of rotatable bonds is 6. The minimum absolute atomic E-state index is 0.0609. The van der Waals surface area contributed by atoms with Gasteiger partial charge in [0.25, 0.3) is 0 Å². The maximum atomic E-state index is 11.5. The van der Waals surface area contributed by atoms with Gasteiger partial charge in [-0.2, -0.15) is 0 Å². The average Bonchev–Trinajstić information content (AvgIpc) is 3.00. The van der Waals surface area contributed by atoms with E-state index in [4.69, 9.17) is 0 Å². The van der Waals surface area contributed by atoms with Gasteiger partial charge in [-0.1, -0.05) is 42.5 Å². The quantitative estimate of drug-likeness (QED) is 0.643. The predicted molar refractivity (Wildman–Crippen MR) is 86.8 cm³/mol. The molecule has 3 heteroatoms. The maximum Gasteiger partial charge on any atom is 0.244 e. The summed E-state index contributed by atoms with van der Waals surface area (Å²) in [7, 11) is 0. The van der Waals surface area contributed by atoms with Crippen molar-refractivity contribution in [2.45, 2.75) is 32.9 Å². The van der Waals surface area contributed by atoms with Crippen molar-refractivity contribution in [3.05, 3.63) is 59.7 Å². The Morgan fingerprint density at radius 3 is 2.48 bits per heavy atom. The lowest BCUT2D eigenvalue weighted by atomic mass is 10.1. The van der Waals surface area contributed by atoms with Crippen LogP contribution in [0.4, 0.5) is 0 Å². The molecule has 0 unspecified atom stereocenters. The third-order valence-corrected chi connectivity index (χ3v) is 3.65. The molecule has 0 aliphatic carbocycles. The van der Waals surface area contributed by atoms with Gasteiger partial charge in [-0.25, -0.2) is 0 Å². The van der Waals surface area contributed by atoms with Crippen molar-refractivity contribution >= 4 is 5.91 Å². The van der Waals surface area contributed by atoms with Crippen LogP contribution < -0.4 is 5.32 Å². The second-order valence-corrected chi connectivity index (χ2v) is 5.40.